The van der Waals surface area contributed by atoms with Crippen LogP contribution in [0.25, 0.3) is 22.6 Å². The number of rotatable bonds is 12. The molecule has 1 aliphatic heterocycles. The van der Waals surface area contributed by atoms with Crippen molar-refractivity contribution in [1.82, 2.24) is 24.4 Å². The third-order valence-corrected chi connectivity index (χ3v) is 7.05. The number of benzene rings is 2. The molecule has 1 atom stereocenters. The maximum absolute atomic E-state index is 13.8. The molecule has 0 radical (unpaired) electrons. The van der Waals surface area contributed by atoms with Crippen LogP contribution in [0.15, 0.2) is 60.8 Å². The van der Waals surface area contributed by atoms with E-state index in [2.05, 4.69) is 31.9 Å². The molecule has 3 heterocycles. The summed E-state index contributed by atoms with van der Waals surface area (Å²) in [6, 6.07) is 16.9. The van der Waals surface area contributed by atoms with Crippen LogP contribution >= 0.6 is 0 Å². The molecule has 5 rings (SSSR count). The van der Waals surface area contributed by atoms with Crippen LogP contribution in [0, 0.1) is 5.82 Å². The predicted octanol–water partition coefficient (Wildman–Crippen LogP) is 5.22. The number of aryl methyl sites for hydroxylation is 1. The number of imidazole rings is 1. The lowest BCUT2D eigenvalue weighted by atomic mass is 10.1. The van der Waals surface area contributed by atoms with Crippen LogP contribution in [0.5, 0.6) is 5.75 Å². The molecule has 0 saturated heterocycles. The highest BCUT2D eigenvalue weighted by Crippen LogP contribution is 2.39. The number of hydrogen-bond acceptors (Lipinski definition) is 7. The standard InChI is InChI=1S/C30H35FN6O2/c1-4-32-30-33-16-15-26(34-30)29-28(22-7-9-23(31)10-8-22)35-27-14-11-24(37(27)29)20-36(17-18-38-2)19-21-5-12-25(39-3)13-6-21/h5-10,12-13,15-16,24H,4,11,14,17-20H2,1-3H3,(H,32,33,34). The van der Waals surface area contributed by atoms with Gasteiger partial charge in [-0.3, -0.25) is 4.90 Å². The number of nitrogens with one attached hydrogen (secondary N) is 1. The summed E-state index contributed by atoms with van der Waals surface area (Å²) in [6.07, 6.45) is 3.62. The quantitative estimate of drug-likeness (QED) is 0.269. The Morgan fingerprint density at radius 3 is 2.56 bits per heavy atom. The van der Waals surface area contributed by atoms with E-state index >= 15 is 0 Å². The first-order valence-electron chi connectivity index (χ1n) is 13.4. The molecule has 0 amide bonds. The molecular formula is C30H35FN6O2. The summed E-state index contributed by atoms with van der Waals surface area (Å²) in [7, 11) is 3.42. The highest BCUT2D eigenvalue weighted by molar-refractivity contribution is 5.78. The molecule has 0 fully saturated rings. The van der Waals surface area contributed by atoms with Gasteiger partial charge in [0.1, 0.15) is 17.4 Å². The minimum atomic E-state index is -0.270. The van der Waals surface area contributed by atoms with E-state index in [1.807, 2.05) is 25.1 Å². The van der Waals surface area contributed by atoms with Crippen LogP contribution in [-0.4, -0.2) is 64.9 Å². The first kappa shape index (κ1) is 26.8. The fourth-order valence-electron chi connectivity index (χ4n) is 5.18. The molecule has 4 aromatic rings. The van der Waals surface area contributed by atoms with Crippen molar-refractivity contribution in [2.24, 2.45) is 0 Å². The summed E-state index contributed by atoms with van der Waals surface area (Å²) in [5.74, 6) is 2.18. The van der Waals surface area contributed by atoms with E-state index in [9.17, 15) is 4.39 Å². The van der Waals surface area contributed by atoms with Gasteiger partial charge >= 0.3 is 0 Å². The van der Waals surface area contributed by atoms with Gasteiger partial charge in [-0.25, -0.2) is 19.3 Å². The van der Waals surface area contributed by atoms with E-state index < -0.39 is 0 Å². The molecule has 39 heavy (non-hydrogen) atoms. The molecule has 0 bridgehead atoms. The molecule has 1 unspecified atom stereocenters. The second kappa shape index (κ2) is 12.4. The summed E-state index contributed by atoms with van der Waals surface area (Å²) in [4.78, 5) is 16.7. The number of ether oxygens (including phenoxy) is 2. The van der Waals surface area contributed by atoms with Gasteiger partial charge in [0.15, 0.2) is 0 Å². The Labute approximate surface area is 228 Å². The Kier molecular flexibility index (Phi) is 8.48. The second-order valence-corrected chi connectivity index (χ2v) is 9.67. The molecule has 2 aromatic heterocycles. The SMILES string of the molecule is CCNc1nccc(-c2c(-c3ccc(F)cc3)nc3n2C(CN(CCOC)Cc2ccc(OC)cc2)CC3)n1. The highest BCUT2D eigenvalue weighted by Gasteiger charge is 2.32. The van der Waals surface area contributed by atoms with E-state index in [-0.39, 0.29) is 11.9 Å². The van der Waals surface area contributed by atoms with Crippen molar-refractivity contribution in [3.05, 3.63) is 78.0 Å². The number of nitrogens with zero attached hydrogens (tertiary/aromatic N) is 5. The Bertz CT molecular complexity index is 1370. The smallest absolute Gasteiger partial charge is 0.223 e. The summed E-state index contributed by atoms with van der Waals surface area (Å²) in [6.45, 7) is 5.82. The summed E-state index contributed by atoms with van der Waals surface area (Å²) in [5.41, 5.74) is 4.63. The molecule has 1 aliphatic rings. The van der Waals surface area contributed by atoms with Crippen molar-refractivity contribution in [2.75, 3.05) is 45.8 Å². The number of halogens is 1. The molecule has 2 aromatic carbocycles. The van der Waals surface area contributed by atoms with Crippen LogP contribution < -0.4 is 10.1 Å². The van der Waals surface area contributed by atoms with Gasteiger partial charge in [-0.05, 0) is 61.4 Å². The molecule has 204 valence electrons. The minimum Gasteiger partial charge on any atom is -0.497 e. The van der Waals surface area contributed by atoms with Crippen molar-refractivity contribution >= 4 is 5.95 Å². The number of fused-ring (bicyclic) bond motifs is 1. The highest BCUT2D eigenvalue weighted by atomic mass is 19.1. The lowest BCUT2D eigenvalue weighted by molar-refractivity contribution is 0.134. The predicted molar refractivity (Wildman–Crippen MR) is 150 cm³/mol. The Morgan fingerprint density at radius 2 is 1.85 bits per heavy atom. The molecule has 9 heteroatoms. The minimum absolute atomic E-state index is 0.198. The first-order valence-corrected chi connectivity index (χ1v) is 13.4. The van der Waals surface area contributed by atoms with E-state index in [0.29, 0.717) is 12.6 Å². The summed E-state index contributed by atoms with van der Waals surface area (Å²) < 4.78 is 26.9. The molecule has 0 saturated carbocycles. The molecule has 0 spiro atoms. The molecule has 8 nitrogen and oxygen atoms in total. The third kappa shape index (κ3) is 6.10. The maximum Gasteiger partial charge on any atom is 0.223 e. The van der Waals surface area contributed by atoms with Gasteiger partial charge < -0.3 is 19.4 Å². The Morgan fingerprint density at radius 1 is 1.05 bits per heavy atom. The van der Waals surface area contributed by atoms with Crippen LogP contribution in [0.4, 0.5) is 10.3 Å². The fraction of sp³-hybridized carbons (Fsp3) is 0.367. The third-order valence-electron chi connectivity index (χ3n) is 7.05. The van der Waals surface area contributed by atoms with Crippen LogP contribution in [0.1, 0.15) is 30.8 Å². The monoisotopic (exact) mass is 530 g/mol. The van der Waals surface area contributed by atoms with E-state index in [1.165, 1.54) is 17.7 Å². The largest absolute Gasteiger partial charge is 0.497 e. The van der Waals surface area contributed by atoms with Crippen molar-refractivity contribution in [3.8, 4) is 28.4 Å². The van der Waals surface area contributed by atoms with E-state index in [1.54, 1.807) is 32.5 Å². The summed E-state index contributed by atoms with van der Waals surface area (Å²) >= 11 is 0. The van der Waals surface area contributed by atoms with Crippen LogP contribution in [0.3, 0.4) is 0 Å². The van der Waals surface area contributed by atoms with Crippen molar-refractivity contribution in [2.45, 2.75) is 32.4 Å². The lowest BCUT2D eigenvalue weighted by Crippen LogP contribution is -2.32. The number of methoxy groups -OCH3 is 2. The Balaban J connectivity index is 1.51. The normalized spacial score (nSPS) is 14.5. The summed E-state index contributed by atoms with van der Waals surface area (Å²) in [5, 5.41) is 3.21. The van der Waals surface area contributed by atoms with E-state index in [4.69, 9.17) is 19.4 Å². The van der Waals surface area contributed by atoms with Crippen molar-refractivity contribution in [1.29, 1.82) is 0 Å². The zero-order valence-electron chi connectivity index (χ0n) is 22.7. The van der Waals surface area contributed by atoms with Gasteiger partial charge in [-0.2, -0.15) is 0 Å². The lowest BCUT2D eigenvalue weighted by Gasteiger charge is -2.27. The average Bonchev–Trinajstić information content (AvgIpc) is 3.53. The van der Waals surface area contributed by atoms with Gasteiger partial charge in [0, 0.05) is 57.5 Å². The number of aromatic nitrogens is 4. The molecule has 1 N–H and O–H groups in total. The van der Waals surface area contributed by atoms with Crippen LogP contribution in [-0.2, 0) is 17.7 Å². The zero-order chi connectivity index (χ0) is 27.2. The van der Waals surface area contributed by atoms with Crippen molar-refractivity contribution in [3.63, 3.8) is 0 Å². The Hall–Kier alpha value is -3.82. The van der Waals surface area contributed by atoms with Gasteiger partial charge in [0.05, 0.1) is 30.8 Å². The maximum atomic E-state index is 13.8. The zero-order valence-corrected chi connectivity index (χ0v) is 22.7. The topological polar surface area (TPSA) is 77.3 Å². The van der Waals surface area contributed by atoms with Gasteiger partial charge in [-0.15, -0.1) is 0 Å². The average molecular weight is 531 g/mol. The molecular weight excluding hydrogens is 495 g/mol. The fourth-order valence-corrected chi connectivity index (χ4v) is 5.18. The van der Waals surface area contributed by atoms with Crippen LogP contribution in [0.2, 0.25) is 0 Å². The number of hydrogen-bond donors (Lipinski definition) is 1. The first-order chi connectivity index (χ1) is 19.1. The number of anilines is 1. The van der Waals surface area contributed by atoms with Gasteiger partial charge in [0.25, 0.3) is 0 Å². The van der Waals surface area contributed by atoms with E-state index in [0.717, 1.165) is 73.2 Å². The van der Waals surface area contributed by atoms with Gasteiger partial charge in [-0.1, -0.05) is 12.1 Å². The molecule has 0 aliphatic carbocycles. The van der Waals surface area contributed by atoms with Crippen molar-refractivity contribution < 1.29 is 13.9 Å². The van der Waals surface area contributed by atoms with Gasteiger partial charge in [0.2, 0.25) is 5.95 Å². The second-order valence-electron chi connectivity index (χ2n) is 9.67.